The molecule has 1 aromatic heterocycles. The Balaban J connectivity index is 1.69. The van der Waals surface area contributed by atoms with Crippen LogP contribution in [0.15, 0.2) is 58.4 Å². The van der Waals surface area contributed by atoms with Gasteiger partial charge in [-0.05, 0) is 48.5 Å². The van der Waals surface area contributed by atoms with Crippen molar-refractivity contribution in [1.82, 2.24) is 4.98 Å². The number of aromatic nitrogens is 1. The predicted octanol–water partition coefficient (Wildman–Crippen LogP) is 5.37. The third-order valence-corrected chi connectivity index (χ3v) is 4.73. The standard InChI is InChI=1S/C19H14BrFN2O2S/c1-25-17-8-5-14(20)10-13(17)4-9-18(24)23-19-22-16(11-26-19)12-2-6-15(21)7-3-12/h2-11H,1H3,(H,22,23,24)/b9-4+. The molecule has 0 saturated carbocycles. The Kier molecular flexibility index (Phi) is 5.80. The smallest absolute Gasteiger partial charge is 0.250 e. The van der Waals surface area contributed by atoms with E-state index in [4.69, 9.17) is 4.74 Å². The number of amides is 1. The van der Waals surface area contributed by atoms with E-state index in [1.54, 1.807) is 25.3 Å². The van der Waals surface area contributed by atoms with Gasteiger partial charge in [0.25, 0.3) is 0 Å². The van der Waals surface area contributed by atoms with Crippen molar-refractivity contribution in [1.29, 1.82) is 0 Å². The second-order valence-electron chi connectivity index (χ2n) is 5.25. The Morgan fingerprint density at radius 1 is 1.27 bits per heavy atom. The number of nitrogens with one attached hydrogen (secondary N) is 1. The summed E-state index contributed by atoms with van der Waals surface area (Å²) in [5, 5.41) is 5.00. The van der Waals surface area contributed by atoms with Gasteiger partial charge in [-0.2, -0.15) is 0 Å². The number of anilines is 1. The summed E-state index contributed by atoms with van der Waals surface area (Å²) >= 11 is 4.70. The zero-order chi connectivity index (χ0) is 18.5. The fourth-order valence-electron chi connectivity index (χ4n) is 2.23. The molecule has 1 amide bonds. The van der Waals surface area contributed by atoms with E-state index in [1.165, 1.54) is 29.5 Å². The molecule has 0 spiro atoms. The van der Waals surface area contributed by atoms with Crippen LogP contribution in [-0.2, 0) is 4.79 Å². The molecule has 0 aliphatic carbocycles. The van der Waals surface area contributed by atoms with E-state index in [0.29, 0.717) is 16.6 Å². The zero-order valence-electron chi connectivity index (χ0n) is 13.7. The van der Waals surface area contributed by atoms with Crippen molar-refractivity contribution in [2.24, 2.45) is 0 Å². The maximum atomic E-state index is 13.0. The summed E-state index contributed by atoms with van der Waals surface area (Å²) in [6.07, 6.45) is 3.09. The molecule has 132 valence electrons. The first-order valence-corrected chi connectivity index (χ1v) is 9.26. The highest BCUT2D eigenvalue weighted by molar-refractivity contribution is 9.10. The van der Waals surface area contributed by atoms with Crippen LogP contribution in [0.1, 0.15) is 5.56 Å². The molecule has 4 nitrogen and oxygen atoms in total. The molecule has 26 heavy (non-hydrogen) atoms. The fourth-order valence-corrected chi connectivity index (χ4v) is 3.33. The molecule has 0 bridgehead atoms. The van der Waals surface area contributed by atoms with Gasteiger partial charge in [0.15, 0.2) is 5.13 Å². The number of thiazole rings is 1. The normalized spacial score (nSPS) is 10.9. The van der Waals surface area contributed by atoms with Gasteiger partial charge in [-0.15, -0.1) is 11.3 Å². The van der Waals surface area contributed by atoms with Crippen molar-refractivity contribution in [2.75, 3.05) is 12.4 Å². The molecule has 0 aliphatic heterocycles. The zero-order valence-corrected chi connectivity index (χ0v) is 16.1. The molecule has 1 heterocycles. The van der Waals surface area contributed by atoms with Crippen LogP contribution in [0.25, 0.3) is 17.3 Å². The van der Waals surface area contributed by atoms with Crippen LogP contribution >= 0.6 is 27.3 Å². The maximum absolute atomic E-state index is 13.0. The van der Waals surface area contributed by atoms with Gasteiger partial charge in [0.2, 0.25) is 5.91 Å². The van der Waals surface area contributed by atoms with E-state index in [0.717, 1.165) is 15.6 Å². The molecule has 0 fully saturated rings. The van der Waals surface area contributed by atoms with Gasteiger partial charge in [0.05, 0.1) is 12.8 Å². The van der Waals surface area contributed by atoms with Gasteiger partial charge in [0, 0.05) is 27.1 Å². The monoisotopic (exact) mass is 432 g/mol. The topological polar surface area (TPSA) is 51.2 Å². The summed E-state index contributed by atoms with van der Waals surface area (Å²) in [6.45, 7) is 0. The van der Waals surface area contributed by atoms with Crippen molar-refractivity contribution in [3.05, 3.63) is 69.8 Å². The lowest BCUT2D eigenvalue weighted by molar-refractivity contribution is -0.111. The van der Waals surface area contributed by atoms with Gasteiger partial charge in [-0.3, -0.25) is 10.1 Å². The number of carbonyl (C=O) groups excluding carboxylic acids is 1. The highest BCUT2D eigenvalue weighted by Gasteiger charge is 2.07. The molecule has 1 N–H and O–H groups in total. The number of methoxy groups -OCH3 is 1. The maximum Gasteiger partial charge on any atom is 0.250 e. The molecule has 3 aromatic rings. The van der Waals surface area contributed by atoms with Gasteiger partial charge >= 0.3 is 0 Å². The van der Waals surface area contributed by atoms with Crippen LogP contribution in [-0.4, -0.2) is 18.0 Å². The van der Waals surface area contributed by atoms with E-state index >= 15 is 0 Å². The van der Waals surface area contributed by atoms with E-state index < -0.39 is 0 Å². The average Bonchev–Trinajstić information content (AvgIpc) is 3.09. The molecule has 0 aliphatic rings. The lowest BCUT2D eigenvalue weighted by Gasteiger charge is -2.04. The van der Waals surface area contributed by atoms with Crippen LogP contribution in [0.3, 0.4) is 0 Å². The third-order valence-electron chi connectivity index (χ3n) is 3.48. The second-order valence-corrected chi connectivity index (χ2v) is 7.03. The van der Waals surface area contributed by atoms with Crippen LogP contribution in [0.2, 0.25) is 0 Å². The Labute approximate surface area is 162 Å². The molecule has 3 rings (SSSR count). The summed E-state index contributed by atoms with van der Waals surface area (Å²) in [7, 11) is 1.58. The van der Waals surface area contributed by atoms with E-state index in [9.17, 15) is 9.18 Å². The number of carbonyl (C=O) groups is 1. The molecule has 0 saturated heterocycles. The van der Waals surface area contributed by atoms with Gasteiger partial charge in [0.1, 0.15) is 11.6 Å². The number of rotatable bonds is 5. The molecule has 0 atom stereocenters. The van der Waals surface area contributed by atoms with Gasteiger partial charge in [-0.1, -0.05) is 15.9 Å². The summed E-state index contributed by atoms with van der Waals surface area (Å²) in [5.74, 6) is 0.0720. The van der Waals surface area contributed by atoms with Crippen molar-refractivity contribution in [2.45, 2.75) is 0 Å². The molecule has 2 aromatic carbocycles. The Morgan fingerprint density at radius 2 is 2.04 bits per heavy atom. The number of hydrogen-bond donors (Lipinski definition) is 1. The summed E-state index contributed by atoms with van der Waals surface area (Å²) in [6, 6.07) is 11.6. The number of ether oxygens (including phenoxy) is 1. The Bertz CT molecular complexity index is 954. The van der Waals surface area contributed by atoms with Crippen molar-refractivity contribution >= 4 is 44.4 Å². The first-order valence-electron chi connectivity index (χ1n) is 7.59. The van der Waals surface area contributed by atoms with Gasteiger partial charge in [-0.25, -0.2) is 9.37 Å². The SMILES string of the molecule is COc1ccc(Br)cc1/C=C/C(=O)Nc1nc(-c2ccc(F)cc2)cs1. The lowest BCUT2D eigenvalue weighted by Crippen LogP contribution is -2.07. The van der Waals surface area contributed by atoms with Crippen LogP contribution in [0, 0.1) is 5.82 Å². The van der Waals surface area contributed by atoms with Crippen molar-refractivity contribution in [3.63, 3.8) is 0 Å². The second kappa shape index (κ2) is 8.25. The quantitative estimate of drug-likeness (QED) is 0.551. The highest BCUT2D eigenvalue weighted by atomic mass is 79.9. The minimum Gasteiger partial charge on any atom is -0.496 e. The molecular formula is C19H14BrFN2O2S. The minimum atomic E-state index is -0.300. The first-order chi connectivity index (χ1) is 12.5. The average molecular weight is 433 g/mol. The van der Waals surface area contributed by atoms with E-state index in [-0.39, 0.29) is 11.7 Å². The highest BCUT2D eigenvalue weighted by Crippen LogP contribution is 2.26. The van der Waals surface area contributed by atoms with E-state index in [2.05, 4.69) is 26.2 Å². The lowest BCUT2D eigenvalue weighted by atomic mass is 10.2. The number of nitrogens with zero attached hydrogens (tertiary/aromatic N) is 1. The third kappa shape index (κ3) is 4.56. The summed E-state index contributed by atoms with van der Waals surface area (Å²) in [5.41, 5.74) is 2.25. The van der Waals surface area contributed by atoms with Crippen LogP contribution in [0.5, 0.6) is 5.75 Å². The van der Waals surface area contributed by atoms with Gasteiger partial charge < -0.3 is 4.74 Å². The number of hydrogen-bond acceptors (Lipinski definition) is 4. The van der Waals surface area contributed by atoms with Crippen molar-refractivity contribution in [3.8, 4) is 17.0 Å². The molecule has 0 unspecified atom stereocenters. The molecular weight excluding hydrogens is 419 g/mol. The molecule has 7 heteroatoms. The number of halogens is 2. The largest absolute Gasteiger partial charge is 0.496 e. The Morgan fingerprint density at radius 3 is 2.77 bits per heavy atom. The number of benzene rings is 2. The summed E-state index contributed by atoms with van der Waals surface area (Å²) < 4.78 is 19.2. The predicted molar refractivity (Wildman–Crippen MR) is 106 cm³/mol. The Hall–Kier alpha value is -2.51. The summed E-state index contributed by atoms with van der Waals surface area (Å²) in [4.78, 5) is 16.5. The first kappa shape index (κ1) is 18.3. The fraction of sp³-hybridized carbons (Fsp3) is 0.0526. The van der Waals surface area contributed by atoms with Crippen LogP contribution in [0.4, 0.5) is 9.52 Å². The van der Waals surface area contributed by atoms with Crippen molar-refractivity contribution < 1.29 is 13.9 Å². The molecule has 0 radical (unpaired) electrons. The van der Waals surface area contributed by atoms with Crippen LogP contribution < -0.4 is 10.1 Å². The van der Waals surface area contributed by atoms with E-state index in [1.807, 2.05) is 23.6 Å². The minimum absolute atomic E-state index is 0.299.